The third-order valence-electron chi connectivity index (χ3n) is 1.16. The monoisotopic (exact) mass is 206 g/mol. The Morgan fingerprint density at radius 1 is 1.07 bits per heavy atom. The first kappa shape index (κ1) is 19.3. The molecule has 0 saturated heterocycles. The number of rotatable bonds is 5. The molecule has 0 unspecified atom stereocenters. The van der Waals surface area contributed by atoms with Gasteiger partial charge in [-0.05, 0) is 18.4 Å². The first-order chi connectivity index (χ1) is 7.22. The Morgan fingerprint density at radius 3 is 1.73 bits per heavy atom. The van der Waals surface area contributed by atoms with Crippen molar-refractivity contribution in [2.45, 2.75) is 33.6 Å². The highest BCUT2D eigenvalue weighted by Crippen LogP contribution is 1.93. The van der Waals surface area contributed by atoms with Crippen LogP contribution >= 0.6 is 0 Å². The highest BCUT2D eigenvalue weighted by molar-refractivity contribution is 5.24. The molecule has 0 spiro atoms. The Balaban J connectivity index is -0.000000177. The summed E-state index contributed by atoms with van der Waals surface area (Å²) in [6.45, 7) is 20.3. The van der Waals surface area contributed by atoms with E-state index in [9.17, 15) is 0 Å². The molecule has 0 amide bonds. The van der Waals surface area contributed by atoms with Gasteiger partial charge in [0, 0.05) is 0 Å². The molecule has 0 N–H and O–H groups in total. The lowest BCUT2D eigenvalue weighted by Crippen LogP contribution is -1.61. The van der Waals surface area contributed by atoms with E-state index in [-0.39, 0.29) is 0 Å². The van der Waals surface area contributed by atoms with Crippen molar-refractivity contribution in [2.24, 2.45) is 0 Å². The minimum absolute atomic E-state index is 0.917. The SMILES string of the molecule is C=CC(=C)/C=C\CC.C=CCC=C.CC. The molecular formula is C15H26. The summed E-state index contributed by atoms with van der Waals surface area (Å²) >= 11 is 0. The molecule has 0 rings (SSSR count). The summed E-state index contributed by atoms with van der Waals surface area (Å²) < 4.78 is 0. The Bertz CT molecular complexity index is 176. The van der Waals surface area contributed by atoms with Gasteiger partial charge in [0.05, 0.1) is 0 Å². The van der Waals surface area contributed by atoms with Crippen LogP contribution in [0.5, 0.6) is 0 Å². The molecule has 0 aliphatic rings. The van der Waals surface area contributed by atoms with Crippen LogP contribution in [0.15, 0.2) is 62.3 Å². The highest BCUT2D eigenvalue weighted by Gasteiger charge is 1.72. The predicted octanol–water partition coefficient (Wildman–Crippen LogP) is 5.47. The van der Waals surface area contributed by atoms with E-state index in [1.807, 2.05) is 32.1 Å². The summed E-state index contributed by atoms with van der Waals surface area (Å²) in [5.74, 6) is 0. The predicted molar refractivity (Wildman–Crippen MR) is 75.1 cm³/mol. The Hall–Kier alpha value is -1.30. The maximum Gasteiger partial charge on any atom is -0.0175 e. The largest absolute Gasteiger partial charge is 0.103 e. The minimum Gasteiger partial charge on any atom is -0.103 e. The fourth-order valence-electron chi connectivity index (χ4n) is 0.455. The molecule has 0 aromatic carbocycles. The van der Waals surface area contributed by atoms with Gasteiger partial charge in [-0.15, -0.1) is 13.2 Å². The zero-order valence-corrected chi connectivity index (χ0v) is 10.6. The summed E-state index contributed by atoms with van der Waals surface area (Å²) in [5.41, 5.74) is 0.979. The van der Waals surface area contributed by atoms with Gasteiger partial charge in [-0.1, -0.05) is 64.3 Å². The maximum atomic E-state index is 3.71. The zero-order chi connectivity index (χ0) is 12.5. The van der Waals surface area contributed by atoms with Crippen LogP contribution in [0.1, 0.15) is 33.6 Å². The van der Waals surface area contributed by atoms with E-state index in [1.165, 1.54) is 0 Å². The molecule has 0 bridgehead atoms. The van der Waals surface area contributed by atoms with Crippen molar-refractivity contribution in [1.82, 2.24) is 0 Å². The lowest BCUT2D eigenvalue weighted by molar-refractivity contribution is 1.22. The van der Waals surface area contributed by atoms with Gasteiger partial charge >= 0.3 is 0 Å². The van der Waals surface area contributed by atoms with Crippen LogP contribution in [-0.4, -0.2) is 0 Å². The Morgan fingerprint density at radius 2 is 1.53 bits per heavy atom. The summed E-state index contributed by atoms with van der Waals surface area (Å²) in [5, 5.41) is 0. The van der Waals surface area contributed by atoms with Crippen molar-refractivity contribution < 1.29 is 0 Å². The second kappa shape index (κ2) is 23.0. The molecule has 0 atom stereocenters. The fourth-order valence-corrected chi connectivity index (χ4v) is 0.455. The van der Waals surface area contributed by atoms with Crippen molar-refractivity contribution in [1.29, 1.82) is 0 Å². The van der Waals surface area contributed by atoms with Gasteiger partial charge in [0.2, 0.25) is 0 Å². The van der Waals surface area contributed by atoms with Crippen molar-refractivity contribution in [2.75, 3.05) is 0 Å². The van der Waals surface area contributed by atoms with E-state index in [1.54, 1.807) is 6.08 Å². The smallest absolute Gasteiger partial charge is 0.0175 e. The molecule has 0 aromatic heterocycles. The molecule has 0 fully saturated rings. The van der Waals surface area contributed by atoms with Crippen LogP contribution in [0, 0.1) is 0 Å². The van der Waals surface area contributed by atoms with Crippen molar-refractivity contribution in [3.05, 3.63) is 62.3 Å². The van der Waals surface area contributed by atoms with E-state index >= 15 is 0 Å². The van der Waals surface area contributed by atoms with E-state index in [0.717, 1.165) is 18.4 Å². The molecule has 0 saturated carbocycles. The molecule has 0 radical (unpaired) electrons. The molecule has 86 valence electrons. The molecule has 0 nitrogen and oxygen atoms in total. The topological polar surface area (TPSA) is 0 Å². The Kier molecular flexibility index (Phi) is 29.6. The van der Waals surface area contributed by atoms with Gasteiger partial charge in [-0.25, -0.2) is 0 Å². The van der Waals surface area contributed by atoms with Crippen LogP contribution in [0.3, 0.4) is 0 Å². The van der Waals surface area contributed by atoms with Crippen LogP contribution in [-0.2, 0) is 0 Å². The van der Waals surface area contributed by atoms with E-state index < -0.39 is 0 Å². The van der Waals surface area contributed by atoms with Gasteiger partial charge in [0.1, 0.15) is 0 Å². The standard InChI is InChI=1S/C8H12.C5H8.C2H6/c1-4-6-7-8(3)5-2;1-3-5-4-2;1-2/h5-7H,2-4H2,1H3;3-4H,1-2,5H2;1-2H3/b7-6-;;. The number of hydrogen-bond acceptors (Lipinski definition) is 0. The molecule has 0 aromatic rings. The first-order valence-corrected chi connectivity index (χ1v) is 5.42. The second-order valence-corrected chi connectivity index (χ2v) is 2.40. The molecular weight excluding hydrogens is 180 g/mol. The number of allylic oxidation sites excluding steroid dienone is 6. The van der Waals surface area contributed by atoms with Gasteiger partial charge < -0.3 is 0 Å². The van der Waals surface area contributed by atoms with Gasteiger partial charge in [0.25, 0.3) is 0 Å². The zero-order valence-electron chi connectivity index (χ0n) is 10.6. The summed E-state index contributed by atoms with van der Waals surface area (Å²) in [6, 6.07) is 0. The Labute approximate surface area is 96.4 Å². The minimum atomic E-state index is 0.917. The lowest BCUT2D eigenvalue weighted by atomic mass is 10.2. The van der Waals surface area contributed by atoms with Gasteiger partial charge in [-0.2, -0.15) is 0 Å². The van der Waals surface area contributed by atoms with Crippen LogP contribution in [0.2, 0.25) is 0 Å². The fraction of sp³-hybridized carbons (Fsp3) is 0.333. The summed E-state index contributed by atoms with van der Waals surface area (Å²) in [4.78, 5) is 0. The quantitative estimate of drug-likeness (QED) is 0.413. The van der Waals surface area contributed by atoms with E-state index in [2.05, 4.69) is 39.3 Å². The van der Waals surface area contributed by atoms with E-state index in [0.29, 0.717) is 0 Å². The van der Waals surface area contributed by atoms with Crippen LogP contribution < -0.4 is 0 Å². The molecule has 0 aliphatic heterocycles. The average Bonchev–Trinajstić information content (AvgIpc) is 2.30. The molecule has 0 heteroatoms. The second-order valence-electron chi connectivity index (χ2n) is 2.40. The van der Waals surface area contributed by atoms with E-state index in [4.69, 9.17) is 0 Å². The van der Waals surface area contributed by atoms with Gasteiger partial charge in [0.15, 0.2) is 0 Å². The maximum absolute atomic E-state index is 3.71. The number of hydrogen-bond donors (Lipinski definition) is 0. The first-order valence-electron chi connectivity index (χ1n) is 5.42. The van der Waals surface area contributed by atoms with Crippen LogP contribution in [0.4, 0.5) is 0 Å². The van der Waals surface area contributed by atoms with Crippen LogP contribution in [0.25, 0.3) is 0 Å². The average molecular weight is 206 g/mol. The van der Waals surface area contributed by atoms with Gasteiger partial charge in [-0.3, -0.25) is 0 Å². The van der Waals surface area contributed by atoms with Crippen molar-refractivity contribution in [3.63, 3.8) is 0 Å². The van der Waals surface area contributed by atoms with Crippen molar-refractivity contribution in [3.8, 4) is 0 Å². The molecule has 0 aliphatic carbocycles. The third kappa shape index (κ3) is 32.4. The van der Waals surface area contributed by atoms with Crippen molar-refractivity contribution >= 4 is 0 Å². The molecule has 0 heterocycles. The normalized spacial score (nSPS) is 7.67. The molecule has 15 heavy (non-hydrogen) atoms. The lowest BCUT2D eigenvalue weighted by Gasteiger charge is -1.82. The third-order valence-corrected chi connectivity index (χ3v) is 1.16. The highest BCUT2D eigenvalue weighted by atomic mass is 13.8. The summed E-state index contributed by atoms with van der Waals surface area (Å²) in [7, 11) is 0. The summed E-state index contributed by atoms with van der Waals surface area (Å²) in [6.07, 6.45) is 11.4.